The first kappa shape index (κ1) is 15.8. The summed E-state index contributed by atoms with van der Waals surface area (Å²) in [5.74, 6) is 0.724. The normalized spacial score (nSPS) is 19.5. The fourth-order valence-electron chi connectivity index (χ4n) is 2.37. The van der Waals surface area contributed by atoms with Crippen molar-refractivity contribution in [3.8, 4) is 5.75 Å². The van der Waals surface area contributed by atoms with Gasteiger partial charge in [-0.1, -0.05) is 18.2 Å². The molecular formula is C16H23NO4. The van der Waals surface area contributed by atoms with Crippen molar-refractivity contribution in [1.82, 2.24) is 4.90 Å². The highest BCUT2D eigenvalue weighted by atomic mass is 16.5. The van der Waals surface area contributed by atoms with Crippen LogP contribution in [-0.4, -0.2) is 56.4 Å². The summed E-state index contributed by atoms with van der Waals surface area (Å²) in [6.07, 6.45) is 0.492. The molecule has 0 aromatic heterocycles. The van der Waals surface area contributed by atoms with Gasteiger partial charge in [0.05, 0.1) is 19.3 Å². The van der Waals surface area contributed by atoms with Crippen LogP contribution in [0.4, 0.5) is 0 Å². The highest BCUT2D eigenvalue weighted by Crippen LogP contribution is 2.16. The lowest BCUT2D eigenvalue weighted by Gasteiger charge is -2.21. The molecule has 1 aliphatic heterocycles. The molecule has 5 heteroatoms. The molecular weight excluding hydrogens is 270 g/mol. The molecule has 1 aromatic carbocycles. The van der Waals surface area contributed by atoms with Crippen LogP contribution < -0.4 is 4.74 Å². The number of rotatable bonds is 7. The zero-order valence-electron chi connectivity index (χ0n) is 12.7. The van der Waals surface area contributed by atoms with E-state index in [0.29, 0.717) is 25.5 Å². The Labute approximate surface area is 125 Å². The molecule has 0 bridgehead atoms. The van der Waals surface area contributed by atoms with Crippen LogP contribution in [0.5, 0.6) is 5.75 Å². The van der Waals surface area contributed by atoms with Gasteiger partial charge in [0.15, 0.2) is 6.10 Å². The van der Waals surface area contributed by atoms with Crippen LogP contribution in [0.25, 0.3) is 0 Å². The van der Waals surface area contributed by atoms with Gasteiger partial charge in [-0.15, -0.1) is 0 Å². The molecule has 5 nitrogen and oxygen atoms in total. The molecule has 1 heterocycles. The van der Waals surface area contributed by atoms with Crippen LogP contribution in [0.1, 0.15) is 13.3 Å². The fraction of sp³-hybridized carbons (Fsp3) is 0.562. The summed E-state index contributed by atoms with van der Waals surface area (Å²) >= 11 is 0. The molecule has 21 heavy (non-hydrogen) atoms. The number of amides is 1. The topological polar surface area (TPSA) is 48.0 Å². The SMILES string of the molecule is COCCO[C@H]1CCN(C(=O)[C@H](C)Oc2ccccc2)C1. The summed E-state index contributed by atoms with van der Waals surface area (Å²) in [5.41, 5.74) is 0. The number of likely N-dealkylation sites (tertiary alicyclic amines) is 1. The predicted octanol–water partition coefficient (Wildman–Crippen LogP) is 1.72. The maximum Gasteiger partial charge on any atom is 0.263 e. The van der Waals surface area contributed by atoms with Gasteiger partial charge < -0.3 is 19.1 Å². The van der Waals surface area contributed by atoms with Gasteiger partial charge in [0.2, 0.25) is 0 Å². The number of hydrogen-bond acceptors (Lipinski definition) is 4. The average Bonchev–Trinajstić information content (AvgIpc) is 2.96. The Morgan fingerprint density at radius 3 is 2.81 bits per heavy atom. The van der Waals surface area contributed by atoms with Gasteiger partial charge in [-0.05, 0) is 25.5 Å². The van der Waals surface area contributed by atoms with E-state index in [0.717, 1.165) is 13.0 Å². The van der Waals surface area contributed by atoms with Crippen LogP contribution in [0.2, 0.25) is 0 Å². The van der Waals surface area contributed by atoms with E-state index in [-0.39, 0.29) is 12.0 Å². The van der Waals surface area contributed by atoms with Gasteiger partial charge >= 0.3 is 0 Å². The third-order valence-corrected chi connectivity index (χ3v) is 3.50. The minimum atomic E-state index is -0.481. The molecule has 0 unspecified atom stereocenters. The Bertz CT molecular complexity index is 437. The molecule has 2 atom stereocenters. The summed E-state index contributed by atoms with van der Waals surface area (Å²) in [6.45, 7) is 4.29. The first-order valence-corrected chi connectivity index (χ1v) is 7.31. The van der Waals surface area contributed by atoms with Gasteiger partial charge in [-0.3, -0.25) is 4.79 Å². The number of ether oxygens (including phenoxy) is 3. The molecule has 1 aliphatic rings. The number of carbonyl (C=O) groups is 1. The molecule has 0 N–H and O–H groups in total. The number of benzene rings is 1. The molecule has 0 radical (unpaired) electrons. The average molecular weight is 293 g/mol. The second kappa shape index (κ2) is 8.00. The van der Waals surface area contributed by atoms with E-state index < -0.39 is 6.10 Å². The van der Waals surface area contributed by atoms with Gasteiger partial charge in [0, 0.05) is 20.2 Å². The minimum absolute atomic E-state index is 0.0108. The lowest BCUT2D eigenvalue weighted by Crippen LogP contribution is -2.39. The molecule has 1 fully saturated rings. The number of hydrogen-bond donors (Lipinski definition) is 0. The summed E-state index contributed by atoms with van der Waals surface area (Å²) < 4.78 is 16.3. The van der Waals surface area contributed by atoms with Crippen LogP contribution in [0, 0.1) is 0 Å². The number of nitrogens with zero attached hydrogens (tertiary/aromatic N) is 1. The van der Waals surface area contributed by atoms with Gasteiger partial charge in [-0.2, -0.15) is 0 Å². The molecule has 1 aromatic rings. The maximum absolute atomic E-state index is 12.3. The molecule has 0 spiro atoms. The molecule has 2 rings (SSSR count). The van der Waals surface area contributed by atoms with Crippen molar-refractivity contribution in [2.75, 3.05) is 33.4 Å². The maximum atomic E-state index is 12.3. The molecule has 1 saturated heterocycles. The predicted molar refractivity (Wildman–Crippen MR) is 79.3 cm³/mol. The quantitative estimate of drug-likeness (QED) is 0.718. The van der Waals surface area contributed by atoms with Crippen LogP contribution >= 0.6 is 0 Å². The lowest BCUT2D eigenvalue weighted by molar-refractivity contribution is -0.137. The van der Waals surface area contributed by atoms with Gasteiger partial charge in [0.1, 0.15) is 5.75 Å². The van der Waals surface area contributed by atoms with E-state index in [2.05, 4.69) is 0 Å². The number of carbonyl (C=O) groups excluding carboxylic acids is 1. The summed E-state index contributed by atoms with van der Waals surface area (Å²) in [4.78, 5) is 14.2. The minimum Gasteiger partial charge on any atom is -0.481 e. The van der Waals surface area contributed by atoms with Crippen LogP contribution in [-0.2, 0) is 14.3 Å². The highest BCUT2D eigenvalue weighted by Gasteiger charge is 2.30. The Morgan fingerprint density at radius 1 is 1.33 bits per heavy atom. The zero-order valence-corrected chi connectivity index (χ0v) is 12.7. The standard InChI is InChI=1S/C16H23NO4/c1-13(21-14-6-4-3-5-7-14)16(18)17-9-8-15(12-17)20-11-10-19-2/h3-7,13,15H,8-12H2,1-2H3/t13-,15-/m0/s1. The lowest BCUT2D eigenvalue weighted by atomic mass is 10.3. The van der Waals surface area contributed by atoms with Crippen LogP contribution in [0.3, 0.4) is 0 Å². The van der Waals surface area contributed by atoms with Crippen LogP contribution in [0.15, 0.2) is 30.3 Å². The van der Waals surface area contributed by atoms with Crippen molar-refractivity contribution < 1.29 is 19.0 Å². The Kier molecular flexibility index (Phi) is 6.02. The Hall–Kier alpha value is -1.59. The second-order valence-corrected chi connectivity index (χ2v) is 5.13. The highest BCUT2D eigenvalue weighted by molar-refractivity contribution is 5.81. The summed E-state index contributed by atoms with van der Waals surface area (Å²) in [5, 5.41) is 0. The second-order valence-electron chi connectivity index (χ2n) is 5.13. The fourth-order valence-corrected chi connectivity index (χ4v) is 2.37. The first-order valence-electron chi connectivity index (χ1n) is 7.31. The van der Waals surface area contributed by atoms with Gasteiger partial charge in [-0.25, -0.2) is 0 Å². The third-order valence-electron chi connectivity index (χ3n) is 3.50. The van der Waals surface area contributed by atoms with Crippen molar-refractivity contribution in [2.24, 2.45) is 0 Å². The largest absolute Gasteiger partial charge is 0.481 e. The summed E-state index contributed by atoms with van der Waals surface area (Å²) in [7, 11) is 1.65. The Balaban J connectivity index is 1.78. The monoisotopic (exact) mass is 293 g/mol. The van der Waals surface area contributed by atoms with E-state index in [1.165, 1.54) is 0 Å². The first-order chi connectivity index (χ1) is 10.2. The third kappa shape index (κ3) is 4.72. The van der Waals surface area contributed by atoms with Crippen molar-refractivity contribution in [1.29, 1.82) is 0 Å². The van der Waals surface area contributed by atoms with Crippen molar-refractivity contribution >= 4 is 5.91 Å². The smallest absolute Gasteiger partial charge is 0.263 e. The number of para-hydroxylation sites is 1. The molecule has 116 valence electrons. The van der Waals surface area contributed by atoms with Crippen molar-refractivity contribution in [2.45, 2.75) is 25.6 Å². The van der Waals surface area contributed by atoms with E-state index in [1.54, 1.807) is 14.0 Å². The van der Waals surface area contributed by atoms with E-state index in [4.69, 9.17) is 14.2 Å². The van der Waals surface area contributed by atoms with E-state index in [1.807, 2.05) is 35.2 Å². The van der Waals surface area contributed by atoms with Crippen molar-refractivity contribution in [3.05, 3.63) is 30.3 Å². The molecule has 0 aliphatic carbocycles. The van der Waals surface area contributed by atoms with E-state index >= 15 is 0 Å². The number of methoxy groups -OCH3 is 1. The van der Waals surface area contributed by atoms with Gasteiger partial charge in [0.25, 0.3) is 5.91 Å². The zero-order chi connectivity index (χ0) is 15.1. The summed E-state index contributed by atoms with van der Waals surface area (Å²) in [6, 6.07) is 9.40. The molecule has 0 saturated carbocycles. The van der Waals surface area contributed by atoms with E-state index in [9.17, 15) is 4.79 Å². The Morgan fingerprint density at radius 2 is 2.10 bits per heavy atom. The molecule has 1 amide bonds. The van der Waals surface area contributed by atoms with Crippen molar-refractivity contribution in [3.63, 3.8) is 0 Å².